The van der Waals surface area contributed by atoms with Crippen LogP contribution in [0.1, 0.15) is 60.7 Å². The SMILES string of the molecule is O=C(NC1CCC(C(=O)NCCNCCO)CC1)c1cc(C2CC2)on1. The van der Waals surface area contributed by atoms with Gasteiger partial charge in [0.1, 0.15) is 5.76 Å². The van der Waals surface area contributed by atoms with E-state index in [1.807, 2.05) is 0 Å². The Morgan fingerprint density at radius 1 is 1.12 bits per heavy atom. The van der Waals surface area contributed by atoms with E-state index < -0.39 is 0 Å². The molecule has 8 nitrogen and oxygen atoms in total. The van der Waals surface area contributed by atoms with Gasteiger partial charge in [0.25, 0.3) is 5.91 Å². The van der Waals surface area contributed by atoms with Crippen LogP contribution in [0, 0.1) is 5.92 Å². The molecule has 2 aliphatic rings. The second-order valence-corrected chi connectivity index (χ2v) is 7.18. The van der Waals surface area contributed by atoms with Gasteiger partial charge in [-0.25, -0.2) is 0 Å². The predicted molar refractivity (Wildman–Crippen MR) is 94.7 cm³/mol. The van der Waals surface area contributed by atoms with Crippen molar-refractivity contribution in [1.82, 2.24) is 21.1 Å². The fraction of sp³-hybridized carbons (Fsp3) is 0.722. The lowest BCUT2D eigenvalue weighted by Crippen LogP contribution is -2.42. The number of nitrogens with zero attached hydrogens (tertiary/aromatic N) is 1. The summed E-state index contributed by atoms with van der Waals surface area (Å²) in [5, 5.41) is 21.5. The molecule has 1 aromatic rings. The fourth-order valence-electron chi connectivity index (χ4n) is 3.34. The van der Waals surface area contributed by atoms with Crippen molar-refractivity contribution in [2.45, 2.75) is 50.5 Å². The number of carbonyl (C=O) groups excluding carboxylic acids is 2. The quantitative estimate of drug-likeness (QED) is 0.475. The molecule has 0 saturated heterocycles. The molecule has 0 atom stereocenters. The van der Waals surface area contributed by atoms with Crippen LogP contribution in [0.3, 0.4) is 0 Å². The summed E-state index contributed by atoms with van der Waals surface area (Å²) < 4.78 is 5.23. The first-order valence-electron chi connectivity index (χ1n) is 9.54. The Morgan fingerprint density at radius 2 is 1.88 bits per heavy atom. The maximum Gasteiger partial charge on any atom is 0.273 e. The summed E-state index contributed by atoms with van der Waals surface area (Å²) in [4.78, 5) is 24.4. The summed E-state index contributed by atoms with van der Waals surface area (Å²) in [7, 11) is 0. The fourth-order valence-corrected chi connectivity index (χ4v) is 3.34. The lowest BCUT2D eigenvalue weighted by molar-refractivity contribution is -0.125. The van der Waals surface area contributed by atoms with E-state index in [4.69, 9.17) is 9.63 Å². The van der Waals surface area contributed by atoms with Crippen molar-refractivity contribution < 1.29 is 19.2 Å². The summed E-state index contributed by atoms with van der Waals surface area (Å²) >= 11 is 0. The minimum Gasteiger partial charge on any atom is -0.395 e. The third kappa shape index (κ3) is 5.28. The van der Waals surface area contributed by atoms with E-state index in [1.165, 1.54) is 0 Å². The molecule has 0 unspecified atom stereocenters. The van der Waals surface area contributed by atoms with E-state index in [0.29, 0.717) is 31.2 Å². The molecule has 2 fully saturated rings. The molecule has 8 heteroatoms. The smallest absolute Gasteiger partial charge is 0.273 e. The van der Waals surface area contributed by atoms with Gasteiger partial charge >= 0.3 is 0 Å². The number of carbonyl (C=O) groups is 2. The second-order valence-electron chi connectivity index (χ2n) is 7.18. The third-order valence-electron chi connectivity index (χ3n) is 5.06. The highest BCUT2D eigenvalue weighted by atomic mass is 16.5. The minimum absolute atomic E-state index is 0.00881. The zero-order chi connectivity index (χ0) is 18.4. The molecule has 2 aliphatic carbocycles. The number of nitrogens with one attached hydrogen (secondary N) is 3. The Kier molecular flexibility index (Phi) is 6.62. The highest BCUT2D eigenvalue weighted by molar-refractivity contribution is 5.92. The van der Waals surface area contributed by atoms with Gasteiger partial charge in [0.15, 0.2) is 5.69 Å². The number of hydrogen-bond donors (Lipinski definition) is 4. The lowest BCUT2D eigenvalue weighted by Gasteiger charge is -2.28. The first-order valence-corrected chi connectivity index (χ1v) is 9.54. The van der Waals surface area contributed by atoms with E-state index in [9.17, 15) is 9.59 Å². The zero-order valence-corrected chi connectivity index (χ0v) is 15.0. The van der Waals surface area contributed by atoms with Crippen LogP contribution >= 0.6 is 0 Å². The normalized spacial score (nSPS) is 22.8. The number of amides is 2. The molecule has 2 saturated carbocycles. The molecule has 0 spiro atoms. The number of aromatic nitrogens is 1. The molecule has 0 aliphatic heterocycles. The maximum absolute atomic E-state index is 12.3. The van der Waals surface area contributed by atoms with Gasteiger partial charge in [-0.3, -0.25) is 9.59 Å². The van der Waals surface area contributed by atoms with Crippen molar-refractivity contribution in [2.24, 2.45) is 5.92 Å². The molecule has 0 radical (unpaired) electrons. The molecule has 2 amide bonds. The topological polar surface area (TPSA) is 116 Å². The molecule has 1 heterocycles. The first-order chi connectivity index (χ1) is 12.7. The molecule has 0 bridgehead atoms. The predicted octanol–water partition coefficient (Wildman–Crippen LogP) is 0.539. The monoisotopic (exact) mass is 364 g/mol. The van der Waals surface area contributed by atoms with Crippen LogP contribution in [0.4, 0.5) is 0 Å². The molecule has 26 heavy (non-hydrogen) atoms. The Labute approximate surface area is 153 Å². The van der Waals surface area contributed by atoms with E-state index >= 15 is 0 Å². The van der Waals surface area contributed by atoms with Crippen molar-refractivity contribution in [1.29, 1.82) is 0 Å². The Balaban J connectivity index is 1.35. The van der Waals surface area contributed by atoms with Gasteiger partial charge in [0.05, 0.1) is 6.61 Å². The van der Waals surface area contributed by atoms with Crippen molar-refractivity contribution in [2.75, 3.05) is 26.2 Å². The average molecular weight is 364 g/mol. The molecule has 4 N–H and O–H groups in total. The number of rotatable bonds is 9. The largest absolute Gasteiger partial charge is 0.395 e. The van der Waals surface area contributed by atoms with Gasteiger partial charge in [-0.1, -0.05) is 5.16 Å². The summed E-state index contributed by atoms with van der Waals surface area (Å²) in [5.74, 6) is 1.14. The van der Waals surface area contributed by atoms with E-state index in [-0.39, 0.29) is 30.4 Å². The van der Waals surface area contributed by atoms with Crippen molar-refractivity contribution in [3.8, 4) is 0 Å². The van der Waals surface area contributed by atoms with Gasteiger partial charge in [-0.15, -0.1) is 0 Å². The van der Waals surface area contributed by atoms with E-state index in [0.717, 1.165) is 44.3 Å². The van der Waals surface area contributed by atoms with Crippen molar-refractivity contribution >= 4 is 11.8 Å². The Morgan fingerprint density at radius 3 is 2.58 bits per heavy atom. The van der Waals surface area contributed by atoms with Gasteiger partial charge in [0.2, 0.25) is 5.91 Å². The molecule has 144 valence electrons. The van der Waals surface area contributed by atoms with Crippen LogP contribution in [0.5, 0.6) is 0 Å². The number of aliphatic hydroxyl groups excluding tert-OH is 1. The van der Waals surface area contributed by atoms with Gasteiger partial charge in [0, 0.05) is 43.6 Å². The van der Waals surface area contributed by atoms with E-state index in [1.54, 1.807) is 6.07 Å². The third-order valence-corrected chi connectivity index (χ3v) is 5.06. The van der Waals surface area contributed by atoms with Crippen molar-refractivity contribution in [3.05, 3.63) is 17.5 Å². The summed E-state index contributed by atoms with van der Waals surface area (Å²) in [6.07, 6.45) is 5.35. The van der Waals surface area contributed by atoms with Crippen molar-refractivity contribution in [3.63, 3.8) is 0 Å². The summed E-state index contributed by atoms with van der Waals surface area (Å²) in [6, 6.07) is 1.83. The summed E-state index contributed by atoms with van der Waals surface area (Å²) in [5.41, 5.74) is 0.349. The van der Waals surface area contributed by atoms with Crippen LogP contribution in [-0.4, -0.2) is 54.4 Å². The van der Waals surface area contributed by atoms with Gasteiger partial charge in [-0.05, 0) is 38.5 Å². The summed E-state index contributed by atoms with van der Waals surface area (Å²) in [6.45, 7) is 1.84. The highest BCUT2D eigenvalue weighted by Gasteiger charge is 2.30. The average Bonchev–Trinajstić information content (AvgIpc) is 3.38. The molecule has 3 rings (SSSR count). The highest BCUT2D eigenvalue weighted by Crippen LogP contribution is 2.40. The Hall–Kier alpha value is -1.93. The Bertz CT molecular complexity index is 606. The maximum atomic E-state index is 12.3. The molecular weight excluding hydrogens is 336 g/mol. The number of hydrogen-bond acceptors (Lipinski definition) is 6. The molecule has 0 aromatic carbocycles. The number of aliphatic hydroxyl groups is 1. The molecular formula is C18H28N4O4. The van der Waals surface area contributed by atoms with Gasteiger partial charge in [-0.2, -0.15) is 0 Å². The van der Waals surface area contributed by atoms with Crippen LogP contribution < -0.4 is 16.0 Å². The van der Waals surface area contributed by atoms with Gasteiger partial charge < -0.3 is 25.6 Å². The van der Waals surface area contributed by atoms with Crippen LogP contribution in [-0.2, 0) is 4.79 Å². The standard InChI is InChI=1S/C18H28N4O4/c23-10-9-19-7-8-20-17(24)13-3-5-14(6-4-13)21-18(25)15-11-16(26-22-15)12-1-2-12/h11-14,19,23H,1-10H2,(H,20,24)(H,21,25). The lowest BCUT2D eigenvalue weighted by atomic mass is 9.85. The zero-order valence-electron chi connectivity index (χ0n) is 15.0. The van der Waals surface area contributed by atoms with Crippen LogP contribution in [0.15, 0.2) is 10.6 Å². The second kappa shape index (κ2) is 9.14. The minimum atomic E-state index is -0.191. The first kappa shape index (κ1) is 18.8. The van der Waals surface area contributed by atoms with Crippen LogP contribution in [0.25, 0.3) is 0 Å². The molecule has 1 aromatic heterocycles. The van der Waals surface area contributed by atoms with Crippen LogP contribution in [0.2, 0.25) is 0 Å². The van der Waals surface area contributed by atoms with E-state index in [2.05, 4.69) is 21.1 Å².